The number of aryl methyl sites for hydroxylation is 2. The number of hydrogen-bond acceptors (Lipinski definition) is 3. The molecule has 1 heterocycles. The monoisotopic (exact) mass is 412 g/mol. The number of hydrogen-bond donors (Lipinski definition) is 1. The molecule has 1 atom stereocenters. The Kier molecular flexibility index (Phi) is 5.03. The summed E-state index contributed by atoms with van der Waals surface area (Å²) in [7, 11) is -3.85. The molecule has 0 unspecified atom stereocenters. The Labute approximate surface area is 173 Å². The third-order valence-corrected chi connectivity index (χ3v) is 8.43. The van der Waals surface area contributed by atoms with E-state index in [9.17, 15) is 13.2 Å². The van der Waals surface area contributed by atoms with E-state index in [1.54, 1.807) is 0 Å². The van der Waals surface area contributed by atoms with Crippen LogP contribution in [0.15, 0.2) is 35.2 Å². The molecule has 2 aromatic rings. The van der Waals surface area contributed by atoms with Gasteiger partial charge in [0.15, 0.2) is 0 Å². The number of rotatable bonds is 4. The zero-order chi connectivity index (χ0) is 20.9. The third-order valence-electron chi connectivity index (χ3n) is 6.30. The predicted molar refractivity (Wildman–Crippen MR) is 113 cm³/mol. The first-order valence-corrected chi connectivity index (χ1v) is 11.6. The van der Waals surface area contributed by atoms with Crippen LogP contribution in [0.3, 0.4) is 0 Å². The summed E-state index contributed by atoms with van der Waals surface area (Å²) in [5.41, 5.74) is 5.42. The molecule has 2 aliphatic rings. The predicted octanol–water partition coefficient (Wildman–Crippen LogP) is 3.31. The zero-order valence-electron chi connectivity index (χ0n) is 17.5. The topological polar surface area (TPSA) is 66.5 Å². The van der Waals surface area contributed by atoms with Gasteiger partial charge in [0, 0.05) is 12.6 Å². The Morgan fingerprint density at radius 1 is 1.00 bits per heavy atom. The lowest BCUT2D eigenvalue weighted by atomic mass is 9.95. The molecule has 1 fully saturated rings. The summed E-state index contributed by atoms with van der Waals surface area (Å²) >= 11 is 0. The number of nitrogens with zero attached hydrogens (tertiary/aromatic N) is 1. The molecule has 1 saturated carbocycles. The van der Waals surface area contributed by atoms with Crippen LogP contribution in [0.5, 0.6) is 0 Å². The molecule has 6 heteroatoms. The van der Waals surface area contributed by atoms with Gasteiger partial charge in [-0.3, -0.25) is 4.79 Å². The Morgan fingerprint density at radius 2 is 1.59 bits per heavy atom. The highest BCUT2D eigenvalue weighted by Crippen LogP contribution is 2.34. The van der Waals surface area contributed by atoms with Crippen molar-refractivity contribution < 1.29 is 13.2 Å². The molecule has 0 radical (unpaired) electrons. The number of carbonyl (C=O) groups is 1. The van der Waals surface area contributed by atoms with Gasteiger partial charge in [-0.05, 0) is 80.3 Å². The molecule has 4 rings (SSSR count). The Balaban J connectivity index is 1.82. The van der Waals surface area contributed by atoms with Crippen molar-refractivity contribution >= 4 is 15.9 Å². The molecule has 1 aliphatic heterocycles. The third kappa shape index (κ3) is 3.60. The van der Waals surface area contributed by atoms with Crippen molar-refractivity contribution in [2.75, 3.05) is 0 Å². The molecule has 0 saturated heterocycles. The van der Waals surface area contributed by atoms with Crippen LogP contribution in [0, 0.1) is 27.7 Å². The van der Waals surface area contributed by atoms with Gasteiger partial charge in [-0.15, -0.1) is 0 Å². The van der Waals surface area contributed by atoms with Crippen LogP contribution >= 0.6 is 0 Å². The van der Waals surface area contributed by atoms with E-state index in [4.69, 9.17) is 0 Å². The van der Waals surface area contributed by atoms with Gasteiger partial charge in [-0.1, -0.05) is 30.3 Å². The van der Waals surface area contributed by atoms with Gasteiger partial charge < -0.3 is 5.32 Å². The number of fused-ring (bicyclic) bond motifs is 1. The zero-order valence-corrected chi connectivity index (χ0v) is 18.3. The molecule has 1 aliphatic carbocycles. The van der Waals surface area contributed by atoms with Crippen molar-refractivity contribution in [1.82, 2.24) is 9.62 Å². The van der Waals surface area contributed by atoms with Crippen LogP contribution in [-0.4, -0.2) is 30.7 Å². The lowest BCUT2D eigenvalue weighted by molar-refractivity contribution is -0.125. The average Bonchev–Trinajstić information content (AvgIpc) is 3.49. The minimum atomic E-state index is -3.85. The van der Waals surface area contributed by atoms with Crippen molar-refractivity contribution in [1.29, 1.82) is 0 Å². The molecule has 1 amide bonds. The van der Waals surface area contributed by atoms with Gasteiger partial charge in [0.1, 0.15) is 6.04 Å². The largest absolute Gasteiger partial charge is 0.352 e. The van der Waals surface area contributed by atoms with E-state index in [0.717, 1.165) is 46.2 Å². The van der Waals surface area contributed by atoms with Crippen LogP contribution in [0.2, 0.25) is 0 Å². The molecule has 29 heavy (non-hydrogen) atoms. The summed E-state index contributed by atoms with van der Waals surface area (Å²) < 4.78 is 29.2. The molecule has 1 N–H and O–H groups in total. The first-order chi connectivity index (χ1) is 13.7. The minimum Gasteiger partial charge on any atom is -0.352 e. The molecule has 5 nitrogen and oxygen atoms in total. The maximum absolute atomic E-state index is 13.9. The maximum Gasteiger partial charge on any atom is 0.244 e. The summed E-state index contributed by atoms with van der Waals surface area (Å²) in [4.78, 5) is 13.4. The van der Waals surface area contributed by atoms with Crippen molar-refractivity contribution in [3.05, 3.63) is 63.7 Å². The van der Waals surface area contributed by atoms with Gasteiger partial charge in [-0.2, -0.15) is 4.31 Å². The molecule has 154 valence electrons. The maximum atomic E-state index is 13.9. The van der Waals surface area contributed by atoms with Crippen LogP contribution in [0.25, 0.3) is 0 Å². The minimum absolute atomic E-state index is 0.189. The van der Waals surface area contributed by atoms with Crippen molar-refractivity contribution in [3.8, 4) is 0 Å². The quantitative estimate of drug-likeness (QED) is 0.838. The lowest BCUT2D eigenvalue weighted by Crippen LogP contribution is -2.53. The van der Waals surface area contributed by atoms with E-state index in [2.05, 4.69) is 5.32 Å². The smallest absolute Gasteiger partial charge is 0.244 e. The number of nitrogens with one attached hydrogen (secondary N) is 1. The molecular weight excluding hydrogens is 384 g/mol. The summed E-state index contributed by atoms with van der Waals surface area (Å²) in [6.07, 6.45) is 2.34. The second-order valence-electron chi connectivity index (χ2n) is 8.41. The lowest BCUT2D eigenvalue weighted by Gasteiger charge is -2.36. The summed E-state index contributed by atoms with van der Waals surface area (Å²) in [6, 6.07) is 9.28. The first kappa shape index (κ1) is 20.1. The average molecular weight is 413 g/mol. The fraction of sp³-hybridized carbons (Fsp3) is 0.435. The van der Waals surface area contributed by atoms with Gasteiger partial charge in [-0.25, -0.2) is 8.42 Å². The second-order valence-corrected chi connectivity index (χ2v) is 10.2. The van der Waals surface area contributed by atoms with Crippen LogP contribution < -0.4 is 5.32 Å². The summed E-state index contributed by atoms with van der Waals surface area (Å²) in [5.74, 6) is -0.190. The van der Waals surface area contributed by atoms with Crippen LogP contribution in [0.1, 0.15) is 46.2 Å². The second kappa shape index (κ2) is 7.26. The van der Waals surface area contributed by atoms with Crippen molar-refractivity contribution in [2.45, 2.75) is 70.5 Å². The Morgan fingerprint density at radius 3 is 2.17 bits per heavy atom. The van der Waals surface area contributed by atoms with E-state index in [1.165, 1.54) is 4.31 Å². The normalized spacial score (nSPS) is 19.7. The van der Waals surface area contributed by atoms with Crippen LogP contribution in [0.4, 0.5) is 0 Å². The summed E-state index contributed by atoms with van der Waals surface area (Å²) in [6.45, 7) is 7.79. The van der Waals surface area contributed by atoms with Crippen molar-refractivity contribution in [3.63, 3.8) is 0 Å². The van der Waals surface area contributed by atoms with E-state index in [0.29, 0.717) is 11.3 Å². The fourth-order valence-electron chi connectivity index (χ4n) is 4.18. The number of amides is 1. The highest BCUT2D eigenvalue weighted by Gasteiger charge is 2.42. The van der Waals surface area contributed by atoms with Gasteiger partial charge in [0.25, 0.3) is 0 Å². The van der Waals surface area contributed by atoms with Crippen LogP contribution in [-0.2, 0) is 27.8 Å². The van der Waals surface area contributed by atoms with E-state index in [-0.39, 0.29) is 18.5 Å². The molecule has 0 aromatic heterocycles. The van der Waals surface area contributed by atoms with Crippen molar-refractivity contribution in [2.24, 2.45) is 0 Å². The number of benzene rings is 2. The Hall–Kier alpha value is -2.18. The highest BCUT2D eigenvalue weighted by atomic mass is 32.2. The van der Waals surface area contributed by atoms with Gasteiger partial charge in [0.2, 0.25) is 15.9 Å². The first-order valence-electron chi connectivity index (χ1n) is 10.2. The number of carbonyl (C=O) groups excluding carboxylic acids is 1. The number of sulfonamides is 1. The SMILES string of the molecule is Cc1cc(C)c(C)c(S(=O)(=O)N2Cc3ccccc3C[C@H]2C(=O)NC2CC2)c1C. The van der Waals surface area contributed by atoms with E-state index < -0.39 is 16.1 Å². The van der Waals surface area contributed by atoms with Gasteiger partial charge in [0.05, 0.1) is 4.90 Å². The van der Waals surface area contributed by atoms with E-state index in [1.807, 2.05) is 58.0 Å². The molecule has 2 aromatic carbocycles. The standard InChI is InChI=1S/C23H28N2O3S/c1-14-11-15(2)17(4)22(16(14)3)29(27,28)25-13-19-8-6-5-7-18(19)12-21(25)23(26)24-20-9-10-20/h5-8,11,20-21H,9-10,12-13H2,1-4H3,(H,24,26)/t21-/m0/s1. The molecule has 0 spiro atoms. The molecule has 0 bridgehead atoms. The van der Waals surface area contributed by atoms with Gasteiger partial charge >= 0.3 is 0 Å². The molecular formula is C23H28N2O3S. The van der Waals surface area contributed by atoms with E-state index >= 15 is 0 Å². The fourth-order valence-corrected chi connectivity index (χ4v) is 6.33. The summed E-state index contributed by atoms with van der Waals surface area (Å²) in [5, 5.41) is 3.01. The highest BCUT2D eigenvalue weighted by molar-refractivity contribution is 7.89. The Bertz CT molecular complexity index is 1060.